The number of ketones is 1. The molecule has 2 saturated carbocycles. The number of aliphatic hydroxyl groups excluding tert-OH is 2. The summed E-state index contributed by atoms with van der Waals surface area (Å²) in [5, 5.41) is 40.2. The Bertz CT molecular complexity index is 2280. The lowest BCUT2D eigenvalue weighted by Gasteiger charge is -2.67. The van der Waals surface area contributed by atoms with Crippen LogP contribution in [0.3, 0.4) is 0 Å². The van der Waals surface area contributed by atoms with Gasteiger partial charge < -0.3 is 44.3 Å². The van der Waals surface area contributed by atoms with Crippen molar-refractivity contribution in [2.75, 3.05) is 6.61 Å². The molecule has 3 aliphatic carbocycles. The SMILES string of the molecule is CC(=O)O[C@@H]1C(=O)[C@]2(C)[C@H](O)C[C@@H]3OC[C@]3(OC(C)=O)[C@@H]2[C@H](OC(=O)c2ccccc2)[C@@]2(O)C[C@H](OC(=O)[C@H](O)[C@H](NC(=O)c3ccccc3)c3ccccc3)C(C)=C1C2(C)C. The van der Waals surface area contributed by atoms with Crippen LogP contribution in [0.2, 0.25) is 0 Å². The normalized spacial score (nSPS) is 31.9. The minimum absolute atomic E-state index is 0.00289. The average molecular weight is 854 g/mol. The van der Waals surface area contributed by atoms with Gasteiger partial charge in [-0.1, -0.05) is 80.6 Å². The van der Waals surface area contributed by atoms with E-state index in [1.165, 1.54) is 26.0 Å². The zero-order chi connectivity index (χ0) is 44.9. The number of amides is 1. The predicted molar refractivity (Wildman–Crippen MR) is 218 cm³/mol. The van der Waals surface area contributed by atoms with Crippen molar-refractivity contribution in [3.8, 4) is 0 Å². The molecule has 11 atom stereocenters. The number of esters is 4. The van der Waals surface area contributed by atoms with Crippen LogP contribution in [0, 0.1) is 16.7 Å². The van der Waals surface area contributed by atoms with Crippen molar-refractivity contribution in [2.24, 2.45) is 16.7 Å². The lowest BCUT2D eigenvalue weighted by Crippen LogP contribution is -2.82. The number of Topliss-reactive ketones (excluding diaryl/α,β-unsaturated/α-hetero) is 1. The number of nitrogens with one attached hydrogen (secondary N) is 1. The third-order valence-electron chi connectivity index (χ3n) is 13.5. The lowest BCUT2D eigenvalue weighted by molar-refractivity contribution is -0.346. The Morgan fingerprint density at radius 3 is 1.95 bits per heavy atom. The van der Waals surface area contributed by atoms with Crippen molar-refractivity contribution >= 4 is 35.6 Å². The number of benzene rings is 3. The second-order valence-corrected chi connectivity index (χ2v) is 17.4. The molecular weight excluding hydrogens is 803 g/mol. The van der Waals surface area contributed by atoms with Crippen LogP contribution >= 0.6 is 0 Å². The Morgan fingerprint density at radius 1 is 0.823 bits per heavy atom. The third kappa shape index (κ3) is 7.29. The topological polar surface area (TPSA) is 221 Å². The molecule has 3 aromatic rings. The average Bonchev–Trinajstić information content (AvgIpc) is 3.24. The Labute approximate surface area is 358 Å². The van der Waals surface area contributed by atoms with Gasteiger partial charge in [-0.15, -0.1) is 0 Å². The molecule has 7 rings (SSSR count). The van der Waals surface area contributed by atoms with Gasteiger partial charge in [0, 0.05) is 37.7 Å². The van der Waals surface area contributed by atoms with E-state index in [2.05, 4.69) is 5.32 Å². The minimum atomic E-state index is -2.39. The van der Waals surface area contributed by atoms with E-state index >= 15 is 4.79 Å². The molecule has 4 aliphatic rings. The summed E-state index contributed by atoms with van der Waals surface area (Å²) >= 11 is 0. The largest absolute Gasteiger partial charge is 0.456 e. The van der Waals surface area contributed by atoms with E-state index in [0.29, 0.717) is 5.56 Å². The van der Waals surface area contributed by atoms with Crippen LogP contribution in [-0.2, 0) is 42.9 Å². The van der Waals surface area contributed by atoms with Gasteiger partial charge in [-0.25, -0.2) is 9.59 Å². The van der Waals surface area contributed by atoms with Crippen LogP contribution in [0.4, 0.5) is 0 Å². The fourth-order valence-corrected chi connectivity index (χ4v) is 10.2. The van der Waals surface area contributed by atoms with Crippen LogP contribution in [0.5, 0.6) is 0 Å². The van der Waals surface area contributed by atoms with Crippen LogP contribution in [0.1, 0.15) is 86.7 Å². The third-order valence-corrected chi connectivity index (χ3v) is 13.5. The van der Waals surface area contributed by atoms with Crippen LogP contribution < -0.4 is 5.32 Å². The molecule has 328 valence electrons. The molecule has 3 aromatic carbocycles. The first-order valence-electron chi connectivity index (χ1n) is 20.5. The summed E-state index contributed by atoms with van der Waals surface area (Å²) in [5.74, 6) is -6.84. The van der Waals surface area contributed by atoms with Gasteiger partial charge in [0.05, 0.1) is 35.6 Å². The summed E-state index contributed by atoms with van der Waals surface area (Å²) in [4.78, 5) is 83.5. The fourth-order valence-electron chi connectivity index (χ4n) is 10.2. The molecule has 15 nitrogen and oxygen atoms in total. The Kier molecular flexibility index (Phi) is 11.8. The molecular formula is C47H51NO14. The van der Waals surface area contributed by atoms with Gasteiger partial charge in [-0.3, -0.25) is 19.2 Å². The second kappa shape index (κ2) is 16.5. The maximum Gasteiger partial charge on any atom is 0.338 e. The fraction of sp³-hybridized carbons (Fsp3) is 0.447. The Hall–Kier alpha value is -5.74. The van der Waals surface area contributed by atoms with Crippen molar-refractivity contribution in [3.63, 3.8) is 0 Å². The van der Waals surface area contributed by atoms with Crippen molar-refractivity contribution in [1.29, 1.82) is 0 Å². The Morgan fingerprint density at radius 2 is 1.40 bits per heavy atom. The monoisotopic (exact) mass is 853 g/mol. The van der Waals surface area contributed by atoms with Crippen molar-refractivity contribution in [1.82, 2.24) is 5.32 Å². The first-order valence-corrected chi connectivity index (χ1v) is 20.5. The quantitative estimate of drug-likeness (QED) is 0.130. The number of fused-ring (bicyclic) bond motifs is 5. The summed E-state index contributed by atoms with van der Waals surface area (Å²) in [5.41, 5.74) is -7.02. The highest BCUT2D eigenvalue weighted by molar-refractivity contribution is 5.96. The maximum absolute atomic E-state index is 15.5. The number of aliphatic hydroxyl groups is 3. The van der Waals surface area contributed by atoms with E-state index in [4.69, 9.17) is 23.7 Å². The molecule has 0 unspecified atom stereocenters. The van der Waals surface area contributed by atoms with Gasteiger partial charge in [0.25, 0.3) is 5.91 Å². The molecule has 0 aromatic heterocycles. The van der Waals surface area contributed by atoms with Gasteiger partial charge in [0.2, 0.25) is 0 Å². The standard InChI is InChI=1S/C47H51NO14/c1-25-31(60-43(56)36(52)35(28-16-10-7-11-17-28)48-41(54)29-18-12-8-13-19-29)23-47(57)40(61-42(55)30-20-14-9-15-21-30)38-45(6,32(51)22-33-46(38,24-58-33)62-27(3)50)39(53)37(59-26(2)49)34(25)44(47,4)5/h7-21,31-33,35-38,40,51-52,57H,22-24H2,1-6H3,(H,48,54)/t31-,32+,33-,35+,36+,37-,38+,40-,45+,46+,47-/m0/s1. The van der Waals surface area contributed by atoms with Gasteiger partial charge in [0.1, 0.15) is 23.9 Å². The maximum atomic E-state index is 15.5. The smallest absolute Gasteiger partial charge is 0.338 e. The number of carbonyl (C=O) groups excluding carboxylic acids is 6. The van der Waals surface area contributed by atoms with Crippen molar-refractivity contribution < 1.29 is 67.8 Å². The second-order valence-electron chi connectivity index (χ2n) is 17.4. The molecule has 1 heterocycles. The molecule has 2 bridgehead atoms. The van der Waals surface area contributed by atoms with Gasteiger partial charge in [0.15, 0.2) is 23.6 Å². The predicted octanol–water partition coefficient (Wildman–Crippen LogP) is 3.74. The van der Waals surface area contributed by atoms with E-state index in [-0.39, 0.29) is 35.3 Å². The summed E-state index contributed by atoms with van der Waals surface area (Å²) in [6.07, 6.45) is -10.5. The molecule has 15 heteroatoms. The van der Waals surface area contributed by atoms with Crippen molar-refractivity contribution in [3.05, 3.63) is 119 Å². The molecule has 4 N–H and O–H groups in total. The highest BCUT2D eigenvalue weighted by Gasteiger charge is 2.78. The van der Waals surface area contributed by atoms with Crippen molar-refractivity contribution in [2.45, 2.75) is 108 Å². The van der Waals surface area contributed by atoms with E-state index in [1.807, 2.05) is 0 Å². The van der Waals surface area contributed by atoms with Gasteiger partial charge in [-0.2, -0.15) is 0 Å². The molecule has 0 radical (unpaired) electrons. The van der Waals surface area contributed by atoms with Crippen LogP contribution in [0.15, 0.2) is 102 Å². The number of ether oxygens (including phenoxy) is 5. The van der Waals surface area contributed by atoms with E-state index in [1.54, 1.807) is 92.7 Å². The van der Waals surface area contributed by atoms with Crippen LogP contribution in [-0.4, -0.2) is 105 Å². The summed E-state index contributed by atoms with van der Waals surface area (Å²) in [6.45, 7) is 7.97. The number of rotatable bonds is 10. The van der Waals surface area contributed by atoms with E-state index < -0.39 is 113 Å². The summed E-state index contributed by atoms with van der Waals surface area (Å²) in [6, 6.07) is 22.9. The highest BCUT2D eigenvalue weighted by Crippen LogP contribution is 2.64. The van der Waals surface area contributed by atoms with Gasteiger partial charge >= 0.3 is 23.9 Å². The molecule has 3 fully saturated rings. The molecule has 1 aliphatic heterocycles. The number of carbonyl (C=O) groups is 6. The molecule has 62 heavy (non-hydrogen) atoms. The first kappa shape index (κ1) is 44.3. The van der Waals surface area contributed by atoms with E-state index in [0.717, 1.165) is 13.8 Å². The minimum Gasteiger partial charge on any atom is -0.456 e. The molecule has 1 saturated heterocycles. The summed E-state index contributed by atoms with van der Waals surface area (Å²) < 4.78 is 30.3. The van der Waals surface area contributed by atoms with Crippen LogP contribution in [0.25, 0.3) is 0 Å². The lowest BCUT2D eigenvalue weighted by atomic mass is 9.44. The molecule has 1 amide bonds. The molecule has 0 spiro atoms. The first-order chi connectivity index (χ1) is 29.3. The Balaban J connectivity index is 1.39. The van der Waals surface area contributed by atoms with E-state index in [9.17, 15) is 39.3 Å². The zero-order valence-corrected chi connectivity index (χ0v) is 35.2. The number of hydrogen-bond acceptors (Lipinski definition) is 14. The van der Waals surface area contributed by atoms with Gasteiger partial charge in [-0.05, 0) is 54.8 Å². The summed E-state index contributed by atoms with van der Waals surface area (Å²) in [7, 11) is 0. The number of hydrogen-bond donors (Lipinski definition) is 4. The highest BCUT2D eigenvalue weighted by atomic mass is 16.6. The zero-order valence-electron chi connectivity index (χ0n) is 35.2.